The first-order valence-corrected chi connectivity index (χ1v) is 10.1. The molecule has 8 nitrogen and oxygen atoms in total. The average Bonchev–Trinajstić information content (AvgIpc) is 3.03. The second-order valence-corrected chi connectivity index (χ2v) is 7.64. The largest absolute Gasteiger partial charge is 0.381 e. The molecule has 0 bridgehead atoms. The lowest BCUT2D eigenvalue weighted by Crippen LogP contribution is -2.46. The van der Waals surface area contributed by atoms with E-state index in [1.807, 2.05) is 13.8 Å². The Balaban J connectivity index is 1.66. The standard InChI is InChI=1S/C20H25F2N5O3/c1-12-10-26(11-13(2)30-12)18-9-15(14-4-7-29-8-5-16(14)23-18)19(28)24-17-3-6-27(25-17)20(21)22/h3,6,9,12-13,20H,4-5,7-8,10-11H2,1-2H3,(H,24,25,28)/t12-,13+. The van der Waals surface area contributed by atoms with Crippen molar-refractivity contribution in [2.24, 2.45) is 0 Å². The normalized spacial score (nSPS) is 22.0. The Morgan fingerprint density at radius 1 is 1.23 bits per heavy atom. The highest BCUT2D eigenvalue weighted by Crippen LogP contribution is 2.26. The van der Waals surface area contributed by atoms with E-state index < -0.39 is 12.5 Å². The molecule has 1 saturated heterocycles. The highest BCUT2D eigenvalue weighted by atomic mass is 19.3. The van der Waals surface area contributed by atoms with E-state index in [9.17, 15) is 13.6 Å². The van der Waals surface area contributed by atoms with Crippen molar-refractivity contribution in [1.82, 2.24) is 14.8 Å². The van der Waals surface area contributed by atoms with E-state index in [2.05, 4.69) is 15.3 Å². The van der Waals surface area contributed by atoms with Crippen LogP contribution >= 0.6 is 0 Å². The van der Waals surface area contributed by atoms with Gasteiger partial charge >= 0.3 is 6.55 Å². The van der Waals surface area contributed by atoms with Crippen molar-refractivity contribution < 1.29 is 23.0 Å². The molecule has 4 heterocycles. The zero-order valence-corrected chi connectivity index (χ0v) is 17.0. The number of fused-ring (bicyclic) bond motifs is 1. The topological polar surface area (TPSA) is 81.5 Å². The fourth-order valence-electron chi connectivity index (χ4n) is 3.97. The van der Waals surface area contributed by atoms with Crippen LogP contribution in [0.1, 0.15) is 42.0 Å². The van der Waals surface area contributed by atoms with Gasteiger partial charge in [0.15, 0.2) is 5.82 Å². The molecular formula is C20H25F2N5O3. The number of rotatable bonds is 4. The average molecular weight is 421 g/mol. The lowest BCUT2D eigenvalue weighted by atomic mass is 10.0. The highest BCUT2D eigenvalue weighted by Gasteiger charge is 2.27. The summed E-state index contributed by atoms with van der Waals surface area (Å²) in [6.45, 7) is 3.64. The Morgan fingerprint density at radius 2 is 1.97 bits per heavy atom. The molecule has 0 aromatic carbocycles. The first kappa shape index (κ1) is 20.7. The number of nitrogens with one attached hydrogen (secondary N) is 1. The summed E-state index contributed by atoms with van der Waals surface area (Å²) in [4.78, 5) is 20.0. The SMILES string of the molecule is C[C@@H]1CN(c2cc(C(=O)Nc3ccn(C(F)F)n3)c3c(n2)CCOCC3)C[C@H](C)O1. The molecule has 2 aromatic heterocycles. The molecule has 2 aliphatic heterocycles. The number of amides is 1. The van der Waals surface area contributed by atoms with Gasteiger partial charge in [-0.05, 0) is 31.9 Å². The Hall–Kier alpha value is -2.59. The molecule has 162 valence electrons. The second kappa shape index (κ2) is 8.65. The van der Waals surface area contributed by atoms with E-state index in [1.54, 1.807) is 6.07 Å². The van der Waals surface area contributed by atoms with Crippen LogP contribution in [0.4, 0.5) is 20.4 Å². The summed E-state index contributed by atoms with van der Waals surface area (Å²) in [7, 11) is 0. The minimum absolute atomic E-state index is 0.0493. The van der Waals surface area contributed by atoms with E-state index >= 15 is 0 Å². The number of pyridine rings is 1. The van der Waals surface area contributed by atoms with Crippen molar-refractivity contribution in [2.75, 3.05) is 36.5 Å². The van der Waals surface area contributed by atoms with Crippen LogP contribution in [0.3, 0.4) is 0 Å². The quantitative estimate of drug-likeness (QED) is 0.818. The van der Waals surface area contributed by atoms with Crippen molar-refractivity contribution >= 4 is 17.5 Å². The van der Waals surface area contributed by atoms with Crippen molar-refractivity contribution in [3.05, 3.63) is 35.2 Å². The summed E-state index contributed by atoms with van der Waals surface area (Å²) in [5, 5.41) is 6.34. The molecule has 2 atom stereocenters. The molecule has 0 aliphatic carbocycles. The highest BCUT2D eigenvalue weighted by molar-refractivity contribution is 6.05. The van der Waals surface area contributed by atoms with Crippen LogP contribution in [0.25, 0.3) is 0 Å². The smallest absolute Gasteiger partial charge is 0.333 e. The maximum Gasteiger partial charge on any atom is 0.333 e. The molecule has 1 amide bonds. The van der Waals surface area contributed by atoms with Gasteiger partial charge in [0.05, 0.1) is 25.4 Å². The molecule has 2 aliphatic rings. The number of nitrogens with zero attached hydrogens (tertiary/aromatic N) is 4. The van der Waals surface area contributed by atoms with Crippen molar-refractivity contribution in [1.29, 1.82) is 0 Å². The number of halogens is 2. The minimum atomic E-state index is -2.76. The third-order valence-electron chi connectivity index (χ3n) is 5.21. The lowest BCUT2D eigenvalue weighted by molar-refractivity contribution is -0.00547. The number of aromatic nitrogens is 3. The molecule has 1 N–H and O–H groups in total. The van der Waals surface area contributed by atoms with Gasteiger partial charge in [-0.1, -0.05) is 0 Å². The molecule has 0 unspecified atom stereocenters. The van der Waals surface area contributed by atoms with Gasteiger partial charge in [0.2, 0.25) is 0 Å². The van der Waals surface area contributed by atoms with Gasteiger partial charge in [0.25, 0.3) is 5.91 Å². The maximum absolute atomic E-state index is 13.1. The van der Waals surface area contributed by atoms with Crippen LogP contribution in [0.5, 0.6) is 0 Å². The number of carbonyl (C=O) groups excluding carboxylic acids is 1. The number of hydrogen-bond acceptors (Lipinski definition) is 6. The number of hydrogen-bond donors (Lipinski definition) is 1. The number of anilines is 2. The predicted molar refractivity (Wildman–Crippen MR) is 106 cm³/mol. The zero-order valence-electron chi connectivity index (χ0n) is 17.0. The van der Waals surface area contributed by atoms with Gasteiger partial charge in [0.1, 0.15) is 5.82 Å². The Morgan fingerprint density at radius 3 is 2.67 bits per heavy atom. The van der Waals surface area contributed by atoms with Gasteiger partial charge in [0, 0.05) is 43.0 Å². The summed E-state index contributed by atoms with van der Waals surface area (Å²) in [5.41, 5.74) is 2.13. The molecule has 0 spiro atoms. The number of alkyl halides is 2. The number of ether oxygens (including phenoxy) is 2. The number of morpholine rings is 1. The summed E-state index contributed by atoms with van der Waals surface area (Å²) in [6.07, 6.45) is 2.40. The lowest BCUT2D eigenvalue weighted by Gasteiger charge is -2.36. The van der Waals surface area contributed by atoms with Crippen LogP contribution < -0.4 is 10.2 Å². The van der Waals surface area contributed by atoms with E-state index in [4.69, 9.17) is 14.5 Å². The van der Waals surface area contributed by atoms with Gasteiger partial charge in [-0.25, -0.2) is 9.67 Å². The fraction of sp³-hybridized carbons (Fsp3) is 0.550. The molecule has 30 heavy (non-hydrogen) atoms. The minimum Gasteiger partial charge on any atom is -0.381 e. The predicted octanol–water partition coefficient (Wildman–Crippen LogP) is 2.65. The number of carbonyl (C=O) groups is 1. The molecule has 0 radical (unpaired) electrons. The molecule has 0 saturated carbocycles. The van der Waals surface area contributed by atoms with E-state index in [1.165, 1.54) is 6.07 Å². The van der Waals surface area contributed by atoms with Gasteiger partial charge in [-0.2, -0.15) is 13.9 Å². The Kier molecular flexibility index (Phi) is 5.96. The summed E-state index contributed by atoms with van der Waals surface area (Å²) < 4.78 is 37.4. The molecular weight excluding hydrogens is 396 g/mol. The molecule has 4 rings (SSSR count). The monoisotopic (exact) mass is 421 g/mol. The van der Waals surface area contributed by atoms with Crippen LogP contribution in [-0.4, -0.2) is 59.2 Å². The molecule has 2 aromatic rings. The van der Waals surface area contributed by atoms with E-state index in [-0.39, 0.29) is 18.0 Å². The zero-order chi connectivity index (χ0) is 21.3. The van der Waals surface area contributed by atoms with Crippen molar-refractivity contribution in [3.8, 4) is 0 Å². The van der Waals surface area contributed by atoms with E-state index in [0.29, 0.717) is 55.2 Å². The maximum atomic E-state index is 13.1. The van der Waals surface area contributed by atoms with Gasteiger partial charge < -0.3 is 19.7 Å². The molecule has 10 heteroatoms. The molecule has 1 fully saturated rings. The first-order valence-electron chi connectivity index (χ1n) is 10.1. The first-order chi connectivity index (χ1) is 14.4. The summed E-state index contributed by atoms with van der Waals surface area (Å²) in [5.74, 6) is 0.387. The van der Waals surface area contributed by atoms with Gasteiger partial charge in [-0.3, -0.25) is 4.79 Å². The summed E-state index contributed by atoms with van der Waals surface area (Å²) >= 11 is 0. The van der Waals surface area contributed by atoms with Crippen molar-refractivity contribution in [3.63, 3.8) is 0 Å². The van der Waals surface area contributed by atoms with E-state index in [0.717, 1.165) is 17.5 Å². The van der Waals surface area contributed by atoms with Crippen LogP contribution in [-0.2, 0) is 22.3 Å². The summed E-state index contributed by atoms with van der Waals surface area (Å²) in [6, 6.07) is 3.12. The Labute approximate surface area is 173 Å². The Bertz CT molecular complexity index is 910. The van der Waals surface area contributed by atoms with Crippen LogP contribution in [0, 0.1) is 0 Å². The van der Waals surface area contributed by atoms with Crippen molar-refractivity contribution in [2.45, 2.75) is 45.4 Å². The third kappa shape index (κ3) is 4.44. The van der Waals surface area contributed by atoms with Gasteiger partial charge in [-0.15, -0.1) is 0 Å². The second-order valence-electron chi connectivity index (χ2n) is 7.64. The fourth-order valence-corrected chi connectivity index (χ4v) is 3.97. The third-order valence-corrected chi connectivity index (χ3v) is 5.21. The van der Waals surface area contributed by atoms with Crippen LogP contribution in [0.2, 0.25) is 0 Å². The van der Waals surface area contributed by atoms with Crippen LogP contribution in [0.15, 0.2) is 18.3 Å².